The zero-order chi connectivity index (χ0) is 13.0. The van der Waals surface area contributed by atoms with E-state index in [1.807, 2.05) is 29.0 Å². The fourth-order valence-corrected chi connectivity index (χ4v) is 1.99. The quantitative estimate of drug-likeness (QED) is 0.647. The molecular weight excluding hydrogens is 230 g/mol. The van der Waals surface area contributed by atoms with Crippen molar-refractivity contribution >= 4 is 5.69 Å². The van der Waals surface area contributed by atoms with Gasteiger partial charge in [0.05, 0.1) is 4.92 Å². The Kier molecular flexibility index (Phi) is 3.74. The van der Waals surface area contributed by atoms with Crippen LogP contribution in [0.2, 0.25) is 0 Å². The van der Waals surface area contributed by atoms with E-state index in [9.17, 15) is 10.1 Å². The summed E-state index contributed by atoms with van der Waals surface area (Å²) in [5.74, 6) is 0. The van der Waals surface area contributed by atoms with Crippen LogP contribution in [0.5, 0.6) is 0 Å². The number of nitro benzene ring substituents is 1. The molecule has 0 amide bonds. The number of aromatic nitrogens is 1. The van der Waals surface area contributed by atoms with Gasteiger partial charge in [-0.3, -0.25) is 10.1 Å². The first kappa shape index (κ1) is 12.3. The molecule has 2 rings (SSSR count). The monoisotopic (exact) mass is 245 g/mol. The summed E-state index contributed by atoms with van der Waals surface area (Å²) >= 11 is 0. The zero-order valence-electron chi connectivity index (χ0n) is 9.95. The lowest BCUT2D eigenvalue weighted by molar-refractivity contribution is -0.385. The fraction of sp³-hybridized carbons (Fsp3) is 0.231. The molecule has 5 nitrogen and oxygen atoms in total. The van der Waals surface area contributed by atoms with Crippen molar-refractivity contribution in [2.24, 2.45) is 5.73 Å². The van der Waals surface area contributed by atoms with Crippen LogP contribution in [-0.2, 0) is 19.5 Å². The van der Waals surface area contributed by atoms with Crippen molar-refractivity contribution in [1.29, 1.82) is 0 Å². The Labute approximate surface area is 105 Å². The normalized spacial score (nSPS) is 10.5. The average molecular weight is 245 g/mol. The summed E-state index contributed by atoms with van der Waals surface area (Å²) < 4.78 is 2.02. The van der Waals surface area contributed by atoms with Crippen LogP contribution in [0.1, 0.15) is 11.3 Å². The van der Waals surface area contributed by atoms with Crippen LogP contribution in [0.4, 0.5) is 5.69 Å². The fourth-order valence-electron chi connectivity index (χ4n) is 1.99. The van der Waals surface area contributed by atoms with Gasteiger partial charge >= 0.3 is 0 Å². The highest BCUT2D eigenvalue weighted by Crippen LogP contribution is 2.18. The first-order chi connectivity index (χ1) is 8.72. The predicted octanol–water partition coefficient (Wildman–Crippen LogP) is 2.10. The second-order valence-corrected chi connectivity index (χ2v) is 4.03. The molecule has 0 spiro atoms. The Morgan fingerprint density at radius 1 is 1.22 bits per heavy atom. The summed E-state index contributed by atoms with van der Waals surface area (Å²) in [5, 5.41) is 10.9. The van der Waals surface area contributed by atoms with E-state index in [0.717, 1.165) is 11.3 Å². The Bertz CT molecular complexity index is 549. The Hall–Kier alpha value is -2.14. The maximum absolute atomic E-state index is 10.9. The number of benzene rings is 1. The summed E-state index contributed by atoms with van der Waals surface area (Å²) in [4.78, 5) is 10.5. The van der Waals surface area contributed by atoms with Gasteiger partial charge in [0.25, 0.3) is 5.69 Å². The molecule has 1 aromatic heterocycles. The number of hydrogen-bond donors (Lipinski definition) is 1. The topological polar surface area (TPSA) is 74.1 Å². The maximum Gasteiger partial charge on any atom is 0.272 e. The highest BCUT2D eigenvalue weighted by molar-refractivity contribution is 5.39. The van der Waals surface area contributed by atoms with Crippen molar-refractivity contribution in [3.8, 4) is 0 Å². The number of nitrogens with two attached hydrogens (primary N) is 1. The van der Waals surface area contributed by atoms with Crippen LogP contribution in [-0.4, -0.2) is 9.49 Å². The zero-order valence-corrected chi connectivity index (χ0v) is 9.95. The number of aryl methyl sites for hydroxylation is 2. The van der Waals surface area contributed by atoms with E-state index < -0.39 is 0 Å². The van der Waals surface area contributed by atoms with Crippen LogP contribution >= 0.6 is 0 Å². The van der Waals surface area contributed by atoms with E-state index in [1.165, 1.54) is 6.07 Å². The minimum atomic E-state index is -0.338. The van der Waals surface area contributed by atoms with E-state index in [1.54, 1.807) is 12.1 Å². The van der Waals surface area contributed by atoms with E-state index in [-0.39, 0.29) is 10.6 Å². The molecule has 0 saturated heterocycles. The van der Waals surface area contributed by atoms with Crippen molar-refractivity contribution < 1.29 is 4.92 Å². The molecule has 0 radical (unpaired) electrons. The van der Waals surface area contributed by atoms with Gasteiger partial charge < -0.3 is 10.3 Å². The first-order valence-electron chi connectivity index (χ1n) is 5.78. The summed E-state index contributed by atoms with van der Waals surface area (Å²) in [7, 11) is 0. The molecule has 2 N–H and O–H groups in total. The van der Waals surface area contributed by atoms with Crippen molar-refractivity contribution in [3.05, 3.63) is 64.0 Å². The number of rotatable bonds is 5. The molecule has 0 aliphatic carbocycles. The SMILES string of the molecule is NCc1cccn1CCc1ccccc1[N+](=O)[O-]. The first-order valence-corrected chi connectivity index (χ1v) is 5.78. The Morgan fingerprint density at radius 3 is 2.72 bits per heavy atom. The molecule has 1 aromatic carbocycles. The summed E-state index contributed by atoms with van der Waals surface area (Å²) in [6, 6.07) is 10.7. The molecule has 18 heavy (non-hydrogen) atoms. The van der Waals surface area contributed by atoms with Crippen LogP contribution in [0.3, 0.4) is 0 Å². The lowest BCUT2D eigenvalue weighted by Gasteiger charge is -2.08. The third-order valence-electron chi connectivity index (χ3n) is 2.94. The molecular formula is C13H15N3O2. The lowest BCUT2D eigenvalue weighted by Crippen LogP contribution is -2.08. The second-order valence-electron chi connectivity index (χ2n) is 4.03. The molecule has 94 valence electrons. The van der Waals surface area contributed by atoms with Gasteiger partial charge in [-0.2, -0.15) is 0 Å². The van der Waals surface area contributed by atoms with E-state index in [0.29, 0.717) is 19.5 Å². The molecule has 0 saturated carbocycles. The van der Waals surface area contributed by atoms with Gasteiger partial charge in [-0.1, -0.05) is 18.2 Å². The predicted molar refractivity (Wildman–Crippen MR) is 69.1 cm³/mol. The van der Waals surface area contributed by atoms with Gasteiger partial charge in [0.2, 0.25) is 0 Å². The van der Waals surface area contributed by atoms with Gasteiger partial charge in [-0.15, -0.1) is 0 Å². The number of nitrogens with zero attached hydrogens (tertiary/aromatic N) is 2. The molecule has 0 aliphatic heterocycles. The van der Waals surface area contributed by atoms with Gasteiger partial charge in [0.1, 0.15) is 0 Å². The van der Waals surface area contributed by atoms with Crippen LogP contribution in [0, 0.1) is 10.1 Å². The van der Waals surface area contributed by atoms with Gasteiger partial charge in [-0.05, 0) is 18.6 Å². The largest absolute Gasteiger partial charge is 0.350 e. The Balaban J connectivity index is 2.13. The molecule has 0 unspecified atom stereocenters. The van der Waals surface area contributed by atoms with E-state index in [4.69, 9.17) is 5.73 Å². The highest BCUT2D eigenvalue weighted by atomic mass is 16.6. The van der Waals surface area contributed by atoms with Crippen LogP contribution < -0.4 is 5.73 Å². The molecule has 2 aromatic rings. The molecule has 5 heteroatoms. The number of nitro groups is 1. The van der Waals surface area contributed by atoms with Gasteiger partial charge in [-0.25, -0.2) is 0 Å². The second kappa shape index (κ2) is 5.46. The molecule has 0 bridgehead atoms. The summed E-state index contributed by atoms with van der Waals surface area (Å²) in [6.45, 7) is 1.17. The lowest BCUT2D eigenvalue weighted by atomic mass is 10.1. The van der Waals surface area contributed by atoms with Gasteiger partial charge in [0, 0.05) is 36.6 Å². The average Bonchev–Trinajstić information content (AvgIpc) is 2.84. The third-order valence-corrected chi connectivity index (χ3v) is 2.94. The molecule has 1 heterocycles. The third kappa shape index (κ3) is 2.57. The van der Waals surface area contributed by atoms with Crippen molar-refractivity contribution in [1.82, 2.24) is 4.57 Å². The molecule has 0 atom stereocenters. The maximum atomic E-state index is 10.9. The van der Waals surface area contributed by atoms with E-state index in [2.05, 4.69) is 0 Å². The highest BCUT2D eigenvalue weighted by Gasteiger charge is 2.12. The van der Waals surface area contributed by atoms with Crippen LogP contribution in [0.15, 0.2) is 42.6 Å². The molecule has 0 fully saturated rings. The van der Waals surface area contributed by atoms with Crippen molar-refractivity contribution in [3.63, 3.8) is 0 Å². The summed E-state index contributed by atoms with van der Waals surface area (Å²) in [5.41, 5.74) is 7.58. The molecule has 0 aliphatic rings. The smallest absolute Gasteiger partial charge is 0.272 e. The minimum absolute atomic E-state index is 0.180. The van der Waals surface area contributed by atoms with Crippen LogP contribution in [0.25, 0.3) is 0 Å². The van der Waals surface area contributed by atoms with Gasteiger partial charge in [0.15, 0.2) is 0 Å². The van der Waals surface area contributed by atoms with Crippen molar-refractivity contribution in [2.75, 3.05) is 0 Å². The minimum Gasteiger partial charge on any atom is -0.350 e. The number of para-hydroxylation sites is 1. The Morgan fingerprint density at radius 2 is 2.00 bits per heavy atom. The standard InChI is InChI=1S/C13H15N3O2/c14-10-12-5-3-8-15(12)9-7-11-4-1-2-6-13(11)16(17)18/h1-6,8H,7,9-10,14H2. The number of hydrogen-bond acceptors (Lipinski definition) is 3. The summed E-state index contributed by atoms with van der Waals surface area (Å²) in [6.07, 6.45) is 2.57. The van der Waals surface area contributed by atoms with Crippen molar-refractivity contribution in [2.45, 2.75) is 19.5 Å². The van der Waals surface area contributed by atoms with E-state index >= 15 is 0 Å².